The summed E-state index contributed by atoms with van der Waals surface area (Å²) in [7, 11) is 0. The Bertz CT molecular complexity index is 324. The van der Waals surface area contributed by atoms with Gasteiger partial charge in [0.05, 0.1) is 0 Å². The van der Waals surface area contributed by atoms with E-state index in [2.05, 4.69) is 22.5 Å². The molecule has 2 aliphatic rings. The molecule has 1 aliphatic heterocycles. The highest BCUT2D eigenvalue weighted by atomic mass is 16.2. The maximum absolute atomic E-state index is 12.1. The van der Waals surface area contributed by atoms with E-state index in [1.165, 1.54) is 0 Å². The summed E-state index contributed by atoms with van der Waals surface area (Å²) in [5, 5.41) is 6.22. The summed E-state index contributed by atoms with van der Waals surface area (Å²) < 4.78 is 0. The van der Waals surface area contributed by atoms with Crippen molar-refractivity contribution in [1.82, 2.24) is 10.6 Å². The number of carbonyl (C=O) groups is 1. The number of carbonyl (C=O) groups excluding carboxylic acids is 1. The first-order chi connectivity index (χ1) is 7.58. The van der Waals surface area contributed by atoms with Crippen LogP contribution in [0.5, 0.6) is 0 Å². The molecule has 2 fully saturated rings. The Morgan fingerprint density at radius 1 is 1.56 bits per heavy atom. The van der Waals surface area contributed by atoms with Crippen LogP contribution >= 0.6 is 0 Å². The van der Waals surface area contributed by atoms with Crippen LogP contribution in [0.2, 0.25) is 0 Å². The fourth-order valence-corrected chi connectivity index (χ4v) is 2.94. The van der Waals surface area contributed by atoms with Crippen molar-refractivity contribution in [3.63, 3.8) is 0 Å². The monoisotopic (exact) mass is 223 g/mol. The van der Waals surface area contributed by atoms with Gasteiger partial charge >= 0.3 is 0 Å². The molecule has 1 saturated heterocycles. The van der Waals surface area contributed by atoms with Crippen LogP contribution in [-0.4, -0.2) is 23.4 Å². The minimum atomic E-state index is -0.359. The third-order valence-electron chi connectivity index (χ3n) is 3.68. The van der Waals surface area contributed by atoms with Crippen molar-refractivity contribution in [1.29, 1.82) is 0 Å². The highest BCUT2D eigenvalue weighted by Gasteiger charge is 2.52. The van der Waals surface area contributed by atoms with Crippen LogP contribution in [-0.2, 0) is 4.79 Å². The molecule has 1 saturated carbocycles. The molecule has 1 amide bonds. The standard InChI is InChI=1S/C12H21N3O/c1-4-9-6-5-7-12(9)10(16)14-11(15-12)13-8(2)3/h8-9H,4-7H2,1-3H3,(H2,13,14,15,16). The van der Waals surface area contributed by atoms with E-state index in [4.69, 9.17) is 0 Å². The van der Waals surface area contributed by atoms with Gasteiger partial charge in [0.25, 0.3) is 5.91 Å². The van der Waals surface area contributed by atoms with Crippen molar-refractivity contribution >= 4 is 11.9 Å². The van der Waals surface area contributed by atoms with Crippen LogP contribution in [0.3, 0.4) is 0 Å². The molecule has 2 rings (SSSR count). The number of hydrogen-bond donors (Lipinski definition) is 2. The molecule has 0 radical (unpaired) electrons. The third-order valence-corrected chi connectivity index (χ3v) is 3.68. The van der Waals surface area contributed by atoms with Crippen molar-refractivity contribution < 1.29 is 4.79 Å². The summed E-state index contributed by atoms with van der Waals surface area (Å²) in [6, 6.07) is 0.208. The van der Waals surface area contributed by atoms with Crippen LogP contribution in [0.25, 0.3) is 0 Å². The molecule has 4 nitrogen and oxygen atoms in total. The maximum atomic E-state index is 12.1. The van der Waals surface area contributed by atoms with Crippen LogP contribution in [0, 0.1) is 5.92 Å². The second-order valence-corrected chi connectivity index (χ2v) is 5.12. The Morgan fingerprint density at radius 2 is 2.31 bits per heavy atom. The zero-order chi connectivity index (χ0) is 11.8. The lowest BCUT2D eigenvalue weighted by Gasteiger charge is -2.27. The molecule has 0 aromatic rings. The molecule has 4 heteroatoms. The van der Waals surface area contributed by atoms with Crippen molar-refractivity contribution in [2.45, 2.75) is 58.0 Å². The lowest BCUT2D eigenvalue weighted by molar-refractivity contribution is -0.125. The summed E-state index contributed by atoms with van der Waals surface area (Å²) in [4.78, 5) is 16.5. The Morgan fingerprint density at radius 3 is 2.94 bits per heavy atom. The first-order valence-electron chi connectivity index (χ1n) is 6.26. The SMILES string of the molecule is CCC1CCCC12NC(=NC(C)C)NC2=O. The minimum absolute atomic E-state index is 0.122. The second kappa shape index (κ2) is 4.07. The van der Waals surface area contributed by atoms with E-state index in [1.807, 2.05) is 13.8 Å². The second-order valence-electron chi connectivity index (χ2n) is 5.12. The molecular weight excluding hydrogens is 202 g/mol. The Labute approximate surface area is 96.9 Å². The van der Waals surface area contributed by atoms with Crippen LogP contribution in [0.1, 0.15) is 46.5 Å². The first kappa shape index (κ1) is 11.4. The topological polar surface area (TPSA) is 53.5 Å². The quantitative estimate of drug-likeness (QED) is 0.744. The average Bonchev–Trinajstić information content (AvgIpc) is 2.72. The van der Waals surface area contributed by atoms with Gasteiger partial charge in [0.1, 0.15) is 5.54 Å². The zero-order valence-electron chi connectivity index (χ0n) is 10.3. The molecule has 0 aromatic heterocycles. The highest BCUT2D eigenvalue weighted by molar-refractivity contribution is 6.09. The van der Waals surface area contributed by atoms with Gasteiger partial charge in [-0.3, -0.25) is 15.1 Å². The summed E-state index contributed by atoms with van der Waals surface area (Å²) >= 11 is 0. The van der Waals surface area contributed by atoms with E-state index in [1.54, 1.807) is 0 Å². The summed E-state index contributed by atoms with van der Waals surface area (Å²) in [5.74, 6) is 1.24. The molecule has 2 unspecified atom stereocenters. The normalized spacial score (nSPS) is 36.1. The van der Waals surface area contributed by atoms with E-state index < -0.39 is 0 Å². The number of aliphatic imine (C=N–C) groups is 1. The van der Waals surface area contributed by atoms with E-state index in [0.29, 0.717) is 11.9 Å². The number of guanidine groups is 1. The van der Waals surface area contributed by atoms with Crippen molar-refractivity contribution in [3.05, 3.63) is 0 Å². The van der Waals surface area contributed by atoms with Gasteiger partial charge < -0.3 is 5.32 Å². The number of amides is 1. The Balaban J connectivity index is 2.21. The zero-order valence-corrected chi connectivity index (χ0v) is 10.3. The van der Waals surface area contributed by atoms with Gasteiger partial charge in [-0.25, -0.2) is 0 Å². The van der Waals surface area contributed by atoms with Crippen LogP contribution in [0.4, 0.5) is 0 Å². The van der Waals surface area contributed by atoms with Gasteiger partial charge in [-0.2, -0.15) is 0 Å². The molecule has 2 N–H and O–H groups in total. The van der Waals surface area contributed by atoms with Crippen molar-refractivity contribution in [2.24, 2.45) is 10.9 Å². The summed E-state index contributed by atoms with van der Waals surface area (Å²) in [6.07, 6.45) is 4.27. The largest absolute Gasteiger partial charge is 0.341 e. The average molecular weight is 223 g/mol. The lowest BCUT2D eigenvalue weighted by Crippen LogP contribution is -2.49. The number of nitrogens with one attached hydrogen (secondary N) is 2. The predicted molar refractivity (Wildman–Crippen MR) is 64.2 cm³/mol. The minimum Gasteiger partial charge on any atom is -0.341 e. The van der Waals surface area contributed by atoms with Crippen molar-refractivity contribution in [2.75, 3.05) is 0 Å². The van der Waals surface area contributed by atoms with Crippen LogP contribution < -0.4 is 10.6 Å². The molecule has 0 aromatic carbocycles. The van der Waals surface area contributed by atoms with Gasteiger partial charge in [0.15, 0.2) is 5.96 Å². The third kappa shape index (κ3) is 1.70. The molecule has 16 heavy (non-hydrogen) atoms. The number of hydrogen-bond acceptors (Lipinski definition) is 2. The first-order valence-corrected chi connectivity index (χ1v) is 6.26. The van der Waals surface area contributed by atoms with Gasteiger partial charge in [0.2, 0.25) is 0 Å². The maximum Gasteiger partial charge on any atom is 0.252 e. The Hall–Kier alpha value is -1.06. The number of nitrogens with zero attached hydrogens (tertiary/aromatic N) is 1. The van der Waals surface area contributed by atoms with Gasteiger partial charge in [-0.05, 0) is 32.6 Å². The van der Waals surface area contributed by atoms with Crippen molar-refractivity contribution in [3.8, 4) is 0 Å². The van der Waals surface area contributed by atoms with E-state index in [-0.39, 0.29) is 17.5 Å². The molecule has 1 aliphatic carbocycles. The predicted octanol–water partition coefficient (Wildman–Crippen LogP) is 1.42. The Kier molecular flexibility index (Phi) is 2.91. The van der Waals surface area contributed by atoms with Gasteiger partial charge in [-0.1, -0.05) is 19.8 Å². The number of rotatable bonds is 2. The molecule has 90 valence electrons. The summed E-state index contributed by atoms with van der Waals surface area (Å²) in [5.41, 5.74) is -0.359. The highest BCUT2D eigenvalue weighted by Crippen LogP contribution is 2.39. The summed E-state index contributed by atoms with van der Waals surface area (Å²) in [6.45, 7) is 6.18. The molecule has 1 heterocycles. The van der Waals surface area contributed by atoms with Gasteiger partial charge in [-0.15, -0.1) is 0 Å². The molecular formula is C12H21N3O. The lowest BCUT2D eigenvalue weighted by atomic mass is 9.85. The molecule has 1 spiro atoms. The fourth-order valence-electron chi connectivity index (χ4n) is 2.94. The van der Waals surface area contributed by atoms with E-state index >= 15 is 0 Å². The van der Waals surface area contributed by atoms with E-state index in [0.717, 1.165) is 25.7 Å². The smallest absolute Gasteiger partial charge is 0.252 e. The fraction of sp³-hybridized carbons (Fsp3) is 0.833. The van der Waals surface area contributed by atoms with Gasteiger partial charge in [0, 0.05) is 6.04 Å². The molecule has 0 bridgehead atoms. The molecule has 2 atom stereocenters. The van der Waals surface area contributed by atoms with E-state index in [9.17, 15) is 4.79 Å². The van der Waals surface area contributed by atoms with Crippen LogP contribution in [0.15, 0.2) is 4.99 Å².